The van der Waals surface area contributed by atoms with Crippen LogP contribution in [0, 0.1) is 0 Å². The minimum absolute atomic E-state index is 0.856. The first-order valence-electron chi connectivity index (χ1n) is 7.34. The van der Waals surface area contributed by atoms with E-state index in [2.05, 4.69) is 21.3 Å². The molecule has 100 valence electrons. The first kappa shape index (κ1) is 14.4. The van der Waals surface area contributed by atoms with Crippen molar-refractivity contribution < 1.29 is 0 Å². The van der Waals surface area contributed by atoms with E-state index < -0.39 is 0 Å². The Kier molecular flexibility index (Phi) is 10.0. The summed E-state index contributed by atoms with van der Waals surface area (Å²) in [5.41, 5.74) is 5.86. The molecule has 1 aliphatic rings. The van der Waals surface area contributed by atoms with Crippen LogP contribution in [-0.2, 0) is 0 Å². The van der Waals surface area contributed by atoms with E-state index in [4.69, 9.17) is 0 Å². The van der Waals surface area contributed by atoms with Crippen molar-refractivity contribution in [3.05, 3.63) is 0 Å². The Morgan fingerprint density at radius 3 is 1.76 bits per heavy atom. The van der Waals surface area contributed by atoms with Crippen molar-refractivity contribution in [2.75, 3.05) is 13.1 Å². The van der Waals surface area contributed by atoms with Crippen molar-refractivity contribution in [2.45, 2.75) is 70.6 Å². The molecule has 0 amide bonds. The van der Waals surface area contributed by atoms with Crippen molar-refractivity contribution in [3.8, 4) is 0 Å². The summed E-state index contributed by atoms with van der Waals surface area (Å²) in [6.07, 6.45) is 14.8. The maximum Gasteiger partial charge on any atom is 0.0620 e. The number of nitrogens with one attached hydrogen (secondary N) is 2. The van der Waals surface area contributed by atoms with E-state index >= 15 is 0 Å². The minimum atomic E-state index is 0.856. The molecule has 0 aromatic heterocycles. The van der Waals surface area contributed by atoms with Gasteiger partial charge in [0.2, 0.25) is 0 Å². The maximum atomic E-state index is 4.07. The molecule has 0 atom stereocenters. The lowest BCUT2D eigenvalue weighted by atomic mass is 10.1. The Hall–Kier alpha value is -0.640. The average molecular weight is 240 g/mol. The Morgan fingerprint density at radius 2 is 1.12 bits per heavy atom. The summed E-state index contributed by atoms with van der Waals surface area (Å²) in [7, 11) is 0. The second kappa shape index (κ2) is 11.8. The molecular weight excluding hydrogens is 212 g/mol. The summed E-state index contributed by atoms with van der Waals surface area (Å²) in [5, 5.41) is 7.95. The van der Waals surface area contributed by atoms with Gasteiger partial charge in [0.15, 0.2) is 0 Å². The van der Waals surface area contributed by atoms with Gasteiger partial charge in [0.25, 0.3) is 0 Å². The van der Waals surface area contributed by atoms with Crippen molar-refractivity contribution >= 4 is 0 Å². The van der Waals surface area contributed by atoms with Crippen LogP contribution in [0.2, 0.25) is 0 Å². The van der Waals surface area contributed by atoms with E-state index in [1.54, 1.807) is 0 Å². The van der Waals surface area contributed by atoms with E-state index in [0.717, 1.165) is 13.1 Å². The van der Waals surface area contributed by atoms with Gasteiger partial charge < -0.3 is 0 Å². The van der Waals surface area contributed by atoms with Crippen molar-refractivity contribution in [3.63, 3.8) is 0 Å². The van der Waals surface area contributed by atoms with Gasteiger partial charge in [0.1, 0.15) is 0 Å². The molecule has 0 aromatic carbocycles. The highest BCUT2D eigenvalue weighted by Crippen LogP contribution is 2.11. The summed E-state index contributed by atoms with van der Waals surface area (Å²) in [6.45, 7) is 1.84. The molecule has 17 heavy (non-hydrogen) atoms. The molecule has 4 nitrogen and oxygen atoms in total. The molecule has 1 heterocycles. The molecule has 0 spiro atoms. The molecule has 0 aromatic rings. The van der Waals surface area contributed by atoms with E-state index in [1.807, 2.05) is 0 Å². The second-order valence-corrected chi connectivity index (χ2v) is 4.89. The highest BCUT2D eigenvalue weighted by Gasteiger charge is 1.94. The van der Waals surface area contributed by atoms with E-state index in [-0.39, 0.29) is 0 Å². The molecule has 1 rings (SSSR count). The Balaban J connectivity index is 2.07. The zero-order valence-corrected chi connectivity index (χ0v) is 11.1. The molecule has 1 aliphatic heterocycles. The van der Waals surface area contributed by atoms with Gasteiger partial charge in [-0.25, -0.2) is 11.0 Å². The van der Waals surface area contributed by atoms with E-state index in [0.29, 0.717) is 0 Å². The lowest BCUT2D eigenvalue weighted by Crippen LogP contribution is -2.27. The minimum Gasteiger partial charge on any atom is -0.224 e. The average Bonchev–Trinajstić information content (AvgIpc) is 2.35. The predicted molar refractivity (Wildman–Crippen MR) is 71.6 cm³/mol. The zero-order chi connectivity index (χ0) is 12.0. The molecular formula is C13H28N4. The summed E-state index contributed by atoms with van der Waals surface area (Å²) in [5.74, 6) is 0. The van der Waals surface area contributed by atoms with Crippen LogP contribution in [0.5, 0.6) is 0 Å². The molecule has 0 unspecified atom stereocenters. The fourth-order valence-electron chi connectivity index (χ4n) is 2.16. The molecule has 4 heteroatoms. The molecule has 0 aliphatic carbocycles. The van der Waals surface area contributed by atoms with Gasteiger partial charge >= 0.3 is 0 Å². The van der Waals surface area contributed by atoms with Gasteiger partial charge in [0.05, 0.1) is 6.54 Å². The molecule has 0 saturated carbocycles. The van der Waals surface area contributed by atoms with Crippen LogP contribution in [0.15, 0.2) is 10.3 Å². The van der Waals surface area contributed by atoms with Gasteiger partial charge in [0, 0.05) is 6.54 Å². The number of nitrogens with zero attached hydrogens (tertiary/aromatic N) is 2. The summed E-state index contributed by atoms with van der Waals surface area (Å²) in [4.78, 5) is 0. The lowest BCUT2D eigenvalue weighted by Gasteiger charge is -2.03. The molecule has 0 bridgehead atoms. The van der Waals surface area contributed by atoms with E-state index in [9.17, 15) is 0 Å². The van der Waals surface area contributed by atoms with Crippen LogP contribution >= 0.6 is 0 Å². The summed E-state index contributed by atoms with van der Waals surface area (Å²) < 4.78 is 0. The normalized spacial score (nSPS) is 22.6. The number of hydrogen-bond donors (Lipinski definition) is 2. The van der Waals surface area contributed by atoms with Crippen molar-refractivity contribution in [1.29, 1.82) is 0 Å². The summed E-state index contributed by atoms with van der Waals surface area (Å²) >= 11 is 0. The second-order valence-electron chi connectivity index (χ2n) is 4.89. The largest absolute Gasteiger partial charge is 0.224 e. The van der Waals surface area contributed by atoms with Crippen LogP contribution in [0.1, 0.15) is 70.6 Å². The Bertz CT molecular complexity index is 164. The van der Waals surface area contributed by atoms with Gasteiger partial charge in [-0.05, 0) is 12.8 Å². The van der Waals surface area contributed by atoms with Crippen LogP contribution in [-0.4, -0.2) is 13.1 Å². The maximum absolute atomic E-state index is 4.07. The fraction of sp³-hybridized carbons (Fsp3) is 1.00. The Morgan fingerprint density at radius 1 is 0.588 bits per heavy atom. The van der Waals surface area contributed by atoms with Gasteiger partial charge in [-0.15, -0.1) is 0 Å². The monoisotopic (exact) mass is 240 g/mol. The number of hydrogen-bond acceptors (Lipinski definition) is 4. The Labute approximate surface area is 106 Å². The van der Waals surface area contributed by atoms with Crippen molar-refractivity contribution in [1.82, 2.24) is 11.0 Å². The van der Waals surface area contributed by atoms with Crippen LogP contribution in [0.25, 0.3) is 0 Å². The highest BCUT2D eigenvalue weighted by atomic mass is 15.6. The quantitative estimate of drug-likeness (QED) is 0.677. The topological polar surface area (TPSA) is 48.8 Å². The SMILES string of the molecule is C1CCCCCCN=NNNCCCCCC1. The van der Waals surface area contributed by atoms with Crippen LogP contribution < -0.4 is 11.0 Å². The first-order valence-corrected chi connectivity index (χ1v) is 7.34. The summed E-state index contributed by atoms with van der Waals surface area (Å²) in [6, 6.07) is 0. The number of hydrazine groups is 1. The van der Waals surface area contributed by atoms with Crippen LogP contribution in [0.3, 0.4) is 0 Å². The molecule has 2 N–H and O–H groups in total. The van der Waals surface area contributed by atoms with Gasteiger partial charge in [-0.1, -0.05) is 63.0 Å². The third-order valence-electron chi connectivity index (χ3n) is 3.26. The first-order chi connectivity index (χ1) is 8.50. The predicted octanol–water partition coefficient (Wildman–Crippen LogP) is 3.75. The standard InChI is InChI=1S/C13H28N4/c1-2-4-6-8-10-12-14-16-17-15-13-11-9-7-5-3-1/h1-13H2,(H,14,17)(H,15,16). The lowest BCUT2D eigenvalue weighted by molar-refractivity contribution is 0.493. The van der Waals surface area contributed by atoms with Gasteiger partial charge in [-0.3, -0.25) is 0 Å². The van der Waals surface area contributed by atoms with Crippen LogP contribution in [0.4, 0.5) is 0 Å². The third-order valence-corrected chi connectivity index (χ3v) is 3.26. The highest BCUT2D eigenvalue weighted by molar-refractivity contribution is 4.50. The fourth-order valence-corrected chi connectivity index (χ4v) is 2.16. The van der Waals surface area contributed by atoms with Crippen molar-refractivity contribution in [2.24, 2.45) is 10.3 Å². The van der Waals surface area contributed by atoms with E-state index in [1.165, 1.54) is 70.6 Å². The number of rotatable bonds is 0. The van der Waals surface area contributed by atoms with Gasteiger partial charge in [-0.2, -0.15) is 5.11 Å². The third kappa shape index (κ3) is 10.2. The smallest absolute Gasteiger partial charge is 0.0620 e. The zero-order valence-electron chi connectivity index (χ0n) is 11.1. The molecule has 0 radical (unpaired) electrons. The molecule has 0 saturated heterocycles. The molecule has 0 fully saturated rings.